The molecule has 0 aromatic carbocycles. The second-order valence-electron chi connectivity index (χ2n) is 6.43. The molecular weight excluding hydrogens is 254 g/mol. The maximum absolute atomic E-state index is 12.3. The number of rotatable bonds is 1. The van der Waals surface area contributed by atoms with Crippen molar-refractivity contribution >= 4 is 11.8 Å². The Morgan fingerprint density at radius 1 is 1.00 bits per heavy atom. The van der Waals surface area contributed by atoms with Crippen molar-refractivity contribution in [3.05, 3.63) is 0 Å². The van der Waals surface area contributed by atoms with Gasteiger partial charge in [-0.2, -0.15) is 0 Å². The summed E-state index contributed by atoms with van der Waals surface area (Å²) in [7, 11) is 3.88. The first-order valence-corrected chi connectivity index (χ1v) is 7.73. The highest BCUT2D eigenvalue weighted by Crippen LogP contribution is 2.18. The highest BCUT2D eigenvalue weighted by molar-refractivity contribution is 6.34. The molecule has 0 spiro atoms. The summed E-state index contributed by atoms with van der Waals surface area (Å²) >= 11 is 0. The Balaban J connectivity index is 1.88. The van der Waals surface area contributed by atoms with Gasteiger partial charge < -0.3 is 14.7 Å². The summed E-state index contributed by atoms with van der Waals surface area (Å²) in [4.78, 5) is 30.3. The second kappa shape index (κ2) is 6.57. The van der Waals surface area contributed by atoms with Gasteiger partial charge in [-0.15, -0.1) is 0 Å². The highest BCUT2D eigenvalue weighted by Gasteiger charge is 2.31. The van der Waals surface area contributed by atoms with E-state index < -0.39 is 0 Å². The van der Waals surface area contributed by atoms with Gasteiger partial charge in [-0.1, -0.05) is 6.92 Å². The van der Waals surface area contributed by atoms with Gasteiger partial charge in [0.1, 0.15) is 0 Å². The van der Waals surface area contributed by atoms with E-state index in [4.69, 9.17) is 0 Å². The van der Waals surface area contributed by atoms with Crippen LogP contribution < -0.4 is 0 Å². The third-order valence-electron chi connectivity index (χ3n) is 4.81. The molecule has 2 heterocycles. The number of likely N-dealkylation sites (N-methyl/N-ethyl adjacent to an activating group) is 1. The van der Waals surface area contributed by atoms with E-state index in [9.17, 15) is 9.59 Å². The standard InChI is InChI=1S/C15H27N3O2/c1-12-4-10-18(11-5-12)15(20)14(19)17(3)13-6-8-16(2)9-7-13/h12-13H,4-11H2,1-3H3. The van der Waals surface area contributed by atoms with Gasteiger partial charge >= 0.3 is 11.8 Å². The molecule has 2 aliphatic rings. The van der Waals surface area contributed by atoms with Gasteiger partial charge in [0.2, 0.25) is 0 Å². The first-order valence-electron chi connectivity index (χ1n) is 7.73. The number of piperidine rings is 2. The van der Waals surface area contributed by atoms with Gasteiger partial charge in [0, 0.05) is 26.2 Å². The summed E-state index contributed by atoms with van der Waals surface area (Å²) in [5, 5.41) is 0. The SMILES string of the molecule is CC1CCN(C(=O)C(=O)N(C)C2CCN(C)CC2)CC1. The molecule has 0 saturated carbocycles. The Morgan fingerprint density at radius 2 is 1.55 bits per heavy atom. The number of nitrogens with zero attached hydrogens (tertiary/aromatic N) is 3. The van der Waals surface area contributed by atoms with Gasteiger partial charge in [-0.3, -0.25) is 9.59 Å². The molecule has 5 heteroatoms. The first kappa shape index (κ1) is 15.3. The van der Waals surface area contributed by atoms with E-state index in [1.165, 1.54) is 0 Å². The Kier molecular flexibility index (Phi) is 5.02. The lowest BCUT2D eigenvalue weighted by Gasteiger charge is -2.36. The molecule has 0 aromatic heterocycles. The molecule has 2 saturated heterocycles. The van der Waals surface area contributed by atoms with Crippen molar-refractivity contribution in [1.29, 1.82) is 0 Å². The number of amides is 2. The van der Waals surface area contributed by atoms with Gasteiger partial charge in [0.15, 0.2) is 0 Å². The van der Waals surface area contributed by atoms with Crippen molar-refractivity contribution in [3.8, 4) is 0 Å². The van der Waals surface area contributed by atoms with E-state index in [-0.39, 0.29) is 17.9 Å². The van der Waals surface area contributed by atoms with Crippen LogP contribution in [0.25, 0.3) is 0 Å². The van der Waals surface area contributed by atoms with Crippen molar-refractivity contribution in [2.45, 2.75) is 38.6 Å². The Bertz CT molecular complexity index is 356. The second-order valence-corrected chi connectivity index (χ2v) is 6.43. The summed E-state index contributed by atoms with van der Waals surface area (Å²) in [6.45, 7) is 5.66. The van der Waals surface area contributed by atoms with E-state index in [1.54, 1.807) is 16.8 Å². The summed E-state index contributed by atoms with van der Waals surface area (Å²) < 4.78 is 0. The van der Waals surface area contributed by atoms with E-state index in [1.807, 2.05) is 0 Å². The van der Waals surface area contributed by atoms with Gasteiger partial charge in [0.05, 0.1) is 0 Å². The molecule has 2 fully saturated rings. The predicted molar refractivity (Wildman–Crippen MR) is 78.3 cm³/mol. The minimum Gasteiger partial charge on any atom is -0.334 e. The average Bonchev–Trinajstić information content (AvgIpc) is 2.46. The van der Waals surface area contributed by atoms with Crippen LogP contribution in [0.4, 0.5) is 0 Å². The number of carbonyl (C=O) groups is 2. The van der Waals surface area contributed by atoms with E-state index in [0.29, 0.717) is 5.92 Å². The van der Waals surface area contributed by atoms with Crippen LogP contribution in [-0.4, -0.2) is 72.8 Å². The van der Waals surface area contributed by atoms with Crippen LogP contribution in [0, 0.1) is 5.92 Å². The third-order valence-corrected chi connectivity index (χ3v) is 4.81. The number of hydrogen-bond acceptors (Lipinski definition) is 3. The maximum Gasteiger partial charge on any atom is 0.312 e. The molecule has 114 valence electrons. The molecular formula is C15H27N3O2. The average molecular weight is 281 g/mol. The highest BCUT2D eigenvalue weighted by atomic mass is 16.2. The van der Waals surface area contributed by atoms with Gasteiger partial charge in [-0.05, 0) is 51.7 Å². The molecule has 2 rings (SSSR count). The molecule has 2 aliphatic heterocycles. The largest absolute Gasteiger partial charge is 0.334 e. The molecule has 0 radical (unpaired) electrons. The van der Waals surface area contributed by atoms with Crippen molar-refractivity contribution < 1.29 is 9.59 Å². The van der Waals surface area contributed by atoms with Gasteiger partial charge in [-0.25, -0.2) is 0 Å². The van der Waals surface area contributed by atoms with Crippen molar-refractivity contribution in [3.63, 3.8) is 0 Å². The zero-order chi connectivity index (χ0) is 14.7. The van der Waals surface area contributed by atoms with Crippen LogP contribution in [0.15, 0.2) is 0 Å². The lowest BCUT2D eigenvalue weighted by molar-refractivity contribution is -0.153. The van der Waals surface area contributed by atoms with Crippen LogP contribution in [0.2, 0.25) is 0 Å². The quantitative estimate of drug-likeness (QED) is 0.668. The fraction of sp³-hybridized carbons (Fsp3) is 0.867. The zero-order valence-corrected chi connectivity index (χ0v) is 13.0. The van der Waals surface area contributed by atoms with Gasteiger partial charge in [0.25, 0.3) is 0 Å². The molecule has 5 nitrogen and oxygen atoms in total. The summed E-state index contributed by atoms with van der Waals surface area (Å²) in [6, 6.07) is 0.214. The lowest BCUT2D eigenvalue weighted by atomic mass is 9.99. The van der Waals surface area contributed by atoms with Crippen molar-refractivity contribution in [2.75, 3.05) is 40.3 Å². The summed E-state index contributed by atoms with van der Waals surface area (Å²) in [6.07, 6.45) is 3.94. The van der Waals surface area contributed by atoms with Crippen LogP contribution in [0.5, 0.6) is 0 Å². The molecule has 0 N–H and O–H groups in total. The van der Waals surface area contributed by atoms with Crippen molar-refractivity contribution in [2.24, 2.45) is 5.92 Å². The van der Waals surface area contributed by atoms with E-state index in [0.717, 1.165) is 51.9 Å². The number of hydrogen-bond donors (Lipinski definition) is 0. The summed E-state index contributed by atoms with van der Waals surface area (Å²) in [5.41, 5.74) is 0. The number of likely N-dealkylation sites (tertiary alicyclic amines) is 2. The minimum atomic E-state index is -0.325. The van der Waals surface area contributed by atoms with E-state index >= 15 is 0 Å². The molecule has 0 atom stereocenters. The molecule has 0 aliphatic carbocycles. The third kappa shape index (κ3) is 3.51. The molecule has 20 heavy (non-hydrogen) atoms. The monoisotopic (exact) mass is 281 g/mol. The Hall–Kier alpha value is -1.10. The van der Waals surface area contributed by atoms with Crippen LogP contribution in [0.3, 0.4) is 0 Å². The maximum atomic E-state index is 12.3. The Labute approximate surface area is 121 Å². The summed E-state index contributed by atoms with van der Waals surface area (Å²) in [5.74, 6) is 0.0354. The van der Waals surface area contributed by atoms with Crippen LogP contribution in [-0.2, 0) is 9.59 Å². The minimum absolute atomic E-state index is 0.214. The molecule has 0 unspecified atom stereocenters. The zero-order valence-electron chi connectivity index (χ0n) is 13.0. The van der Waals surface area contributed by atoms with Crippen LogP contribution in [0.1, 0.15) is 32.6 Å². The Morgan fingerprint density at radius 3 is 2.10 bits per heavy atom. The van der Waals surface area contributed by atoms with Crippen molar-refractivity contribution in [1.82, 2.24) is 14.7 Å². The lowest BCUT2D eigenvalue weighted by Crippen LogP contribution is -2.51. The predicted octanol–water partition coefficient (Wildman–Crippen LogP) is 0.798. The molecule has 0 aromatic rings. The van der Waals surface area contributed by atoms with E-state index in [2.05, 4.69) is 18.9 Å². The smallest absolute Gasteiger partial charge is 0.312 e. The fourth-order valence-corrected chi connectivity index (χ4v) is 3.05. The normalized spacial score (nSPS) is 22.9. The molecule has 0 bridgehead atoms. The first-order chi connectivity index (χ1) is 9.49. The molecule has 2 amide bonds. The fourth-order valence-electron chi connectivity index (χ4n) is 3.05. The van der Waals surface area contributed by atoms with Crippen LogP contribution >= 0.6 is 0 Å². The number of carbonyl (C=O) groups excluding carboxylic acids is 2. The topological polar surface area (TPSA) is 43.9 Å².